The molecule has 0 aliphatic carbocycles. The molecule has 1 saturated heterocycles. The predicted octanol–water partition coefficient (Wildman–Crippen LogP) is 3.22. The SMILES string of the molecule is O=C(Nc1ccccc1-c1ccccc1)N1CCOCC1. The molecule has 0 spiro atoms. The molecular formula is C17H18N2O2. The summed E-state index contributed by atoms with van der Waals surface area (Å²) in [5.74, 6) is 0. The van der Waals surface area contributed by atoms with Gasteiger partial charge in [0.1, 0.15) is 0 Å². The molecule has 108 valence electrons. The van der Waals surface area contributed by atoms with E-state index in [2.05, 4.69) is 5.32 Å². The van der Waals surface area contributed by atoms with E-state index in [1.54, 1.807) is 4.90 Å². The number of anilines is 1. The smallest absolute Gasteiger partial charge is 0.322 e. The van der Waals surface area contributed by atoms with Crippen molar-refractivity contribution in [1.29, 1.82) is 0 Å². The van der Waals surface area contributed by atoms with E-state index in [1.807, 2.05) is 54.6 Å². The van der Waals surface area contributed by atoms with Gasteiger partial charge in [-0.1, -0.05) is 48.5 Å². The van der Waals surface area contributed by atoms with Gasteiger partial charge in [-0.15, -0.1) is 0 Å². The summed E-state index contributed by atoms with van der Waals surface area (Å²) >= 11 is 0. The van der Waals surface area contributed by atoms with Crippen molar-refractivity contribution in [2.45, 2.75) is 0 Å². The van der Waals surface area contributed by atoms with Crippen LogP contribution in [0.4, 0.5) is 10.5 Å². The van der Waals surface area contributed by atoms with Crippen LogP contribution in [0.1, 0.15) is 0 Å². The molecule has 0 aromatic heterocycles. The summed E-state index contributed by atoms with van der Waals surface area (Å²) in [5, 5.41) is 3.01. The quantitative estimate of drug-likeness (QED) is 0.919. The Kier molecular flexibility index (Phi) is 4.17. The first-order valence-corrected chi connectivity index (χ1v) is 7.13. The first-order valence-electron chi connectivity index (χ1n) is 7.13. The number of carbonyl (C=O) groups is 1. The van der Waals surface area contributed by atoms with Gasteiger partial charge in [0.05, 0.1) is 18.9 Å². The van der Waals surface area contributed by atoms with Gasteiger partial charge < -0.3 is 15.0 Å². The molecule has 2 aromatic carbocycles. The van der Waals surface area contributed by atoms with Gasteiger partial charge in [-0.05, 0) is 11.6 Å². The second-order valence-corrected chi connectivity index (χ2v) is 4.94. The van der Waals surface area contributed by atoms with Crippen LogP contribution in [0.15, 0.2) is 54.6 Å². The highest BCUT2D eigenvalue weighted by Crippen LogP contribution is 2.27. The van der Waals surface area contributed by atoms with E-state index >= 15 is 0 Å². The lowest BCUT2D eigenvalue weighted by molar-refractivity contribution is 0.0564. The van der Waals surface area contributed by atoms with Crippen molar-refractivity contribution >= 4 is 11.7 Å². The largest absolute Gasteiger partial charge is 0.378 e. The van der Waals surface area contributed by atoms with Crippen LogP contribution in [0.3, 0.4) is 0 Å². The van der Waals surface area contributed by atoms with Crippen molar-refractivity contribution in [3.05, 3.63) is 54.6 Å². The van der Waals surface area contributed by atoms with Gasteiger partial charge in [0.15, 0.2) is 0 Å². The molecule has 0 saturated carbocycles. The molecule has 21 heavy (non-hydrogen) atoms. The number of hydrogen-bond donors (Lipinski definition) is 1. The first-order chi connectivity index (χ1) is 10.3. The van der Waals surface area contributed by atoms with Crippen molar-refractivity contribution in [2.75, 3.05) is 31.6 Å². The van der Waals surface area contributed by atoms with Gasteiger partial charge in [-0.2, -0.15) is 0 Å². The zero-order valence-corrected chi connectivity index (χ0v) is 11.8. The lowest BCUT2D eigenvalue weighted by atomic mass is 10.0. The van der Waals surface area contributed by atoms with Gasteiger partial charge in [0.2, 0.25) is 0 Å². The number of para-hydroxylation sites is 1. The van der Waals surface area contributed by atoms with E-state index in [4.69, 9.17) is 4.74 Å². The topological polar surface area (TPSA) is 41.6 Å². The molecule has 1 aliphatic heterocycles. The molecule has 1 heterocycles. The van der Waals surface area contributed by atoms with E-state index in [0.29, 0.717) is 26.3 Å². The van der Waals surface area contributed by atoms with E-state index < -0.39 is 0 Å². The van der Waals surface area contributed by atoms with E-state index in [1.165, 1.54) is 0 Å². The van der Waals surface area contributed by atoms with Crippen LogP contribution in [0, 0.1) is 0 Å². The number of nitrogens with zero attached hydrogens (tertiary/aromatic N) is 1. The number of benzene rings is 2. The van der Waals surface area contributed by atoms with Crippen LogP contribution in [-0.4, -0.2) is 37.2 Å². The van der Waals surface area contributed by atoms with E-state index in [-0.39, 0.29) is 6.03 Å². The lowest BCUT2D eigenvalue weighted by Gasteiger charge is -2.27. The Labute approximate surface area is 124 Å². The monoisotopic (exact) mass is 282 g/mol. The van der Waals surface area contributed by atoms with Crippen molar-refractivity contribution in [1.82, 2.24) is 4.90 Å². The van der Waals surface area contributed by atoms with Gasteiger partial charge in [-0.3, -0.25) is 0 Å². The maximum Gasteiger partial charge on any atom is 0.322 e. The third kappa shape index (κ3) is 3.23. The zero-order valence-electron chi connectivity index (χ0n) is 11.8. The minimum Gasteiger partial charge on any atom is -0.378 e. The number of carbonyl (C=O) groups excluding carboxylic acids is 1. The maximum atomic E-state index is 12.3. The fourth-order valence-electron chi connectivity index (χ4n) is 2.42. The molecule has 4 nitrogen and oxygen atoms in total. The Bertz CT molecular complexity index is 607. The summed E-state index contributed by atoms with van der Waals surface area (Å²) in [4.78, 5) is 14.1. The van der Waals surface area contributed by atoms with Crippen LogP contribution in [0.25, 0.3) is 11.1 Å². The molecule has 3 rings (SSSR count). The van der Waals surface area contributed by atoms with E-state index in [0.717, 1.165) is 16.8 Å². The third-order valence-electron chi connectivity index (χ3n) is 3.55. The first kappa shape index (κ1) is 13.6. The number of ether oxygens (including phenoxy) is 1. The highest BCUT2D eigenvalue weighted by Gasteiger charge is 2.17. The Balaban J connectivity index is 1.81. The average molecular weight is 282 g/mol. The molecule has 2 amide bonds. The molecule has 0 atom stereocenters. The van der Waals surface area contributed by atoms with Gasteiger partial charge >= 0.3 is 6.03 Å². The van der Waals surface area contributed by atoms with Gasteiger partial charge in [-0.25, -0.2) is 4.79 Å². The summed E-state index contributed by atoms with van der Waals surface area (Å²) in [6.45, 7) is 2.49. The zero-order chi connectivity index (χ0) is 14.5. The minimum absolute atomic E-state index is 0.0679. The minimum atomic E-state index is -0.0679. The average Bonchev–Trinajstić information content (AvgIpc) is 2.57. The Morgan fingerprint density at radius 2 is 1.62 bits per heavy atom. The molecule has 1 aliphatic rings. The maximum absolute atomic E-state index is 12.3. The van der Waals surface area contributed by atoms with Crippen molar-refractivity contribution in [3.63, 3.8) is 0 Å². The number of rotatable bonds is 2. The number of urea groups is 1. The fraction of sp³-hybridized carbons (Fsp3) is 0.235. The summed E-state index contributed by atoms with van der Waals surface area (Å²) in [6, 6.07) is 17.9. The van der Waals surface area contributed by atoms with Crippen LogP contribution >= 0.6 is 0 Å². The highest BCUT2D eigenvalue weighted by molar-refractivity contribution is 5.94. The number of morpholine rings is 1. The number of amides is 2. The number of hydrogen-bond acceptors (Lipinski definition) is 2. The summed E-state index contributed by atoms with van der Waals surface area (Å²) in [7, 11) is 0. The number of nitrogens with one attached hydrogen (secondary N) is 1. The normalized spacial score (nSPS) is 14.8. The Morgan fingerprint density at radius 1 is 0.952 bits per heavy atom. The molecule has 1 fully saturated rings. The molecule has 1 N–H and O–H groups in total. The summed E-state index contributed by atoms with van der Waals surface area (Å²) < 4.78 is 5.27. The van der Waals surface area contributed by atoms with Crippen LogP contribution in [0.5, 0.6) is 0 Å². The summed E-state index contributed by atoms with van der Waals surface area (Å²) in [6.07, 6.45) is 0. The lowest BCUT2D eigenvalue weighted by Crippen LogP contribution is -2.43. The molecule has 2 aromatic rings. The Hall–Kier alpha value is -2.33. The molecular weight excluding hydrogens is 264 g/mol. The Morgan fingerprint density at radius 3 is 2.38 bits per heavy atom. The second-order valence-electron chi connectivity index (χ2n) is 4.94. The fourth-order valence-corrected chi connectivity index (χ4v) is 2.42. The molecule has 0 radical (unpaired) electrons. The standard InChI is InChI=1S/C17H18N2O2/c20-17(19-10-12-21-13-11-19)18-16-9-5-4-8-15(16)14-6-2-1-3-7-14/h1-9H,10-13H2,(H,18,20). The third-order valence-corrected chi connectivity index (χ3v) is 3.55. The highest BCUT2D eigenvalue weighted by atomic mass is 16.5. The van der Waals surface area contributed by atoms with Crippen LogP contribution in [0.2, 0.25) is 0 Å². The van der Waals surface area contributed by atoms with E-state index in [9.17, 15) is 4.79 Å². The van der Waals surface area contributed by atoms with Crippen molar-refractivity contribution in [3.8, 4) is 11.1 Å². The van der Waals surface area contributed by atoms with Gasteiger partial charge in [0, 0.05) is 18.7 Å². The molecule has 0 bridgehead atoms. The van der Waals surface area contributed by atoms with Crippen molar-refractivity contribution < 1.29 is 9.53 Å². The van der Waals surface area contributed by atoms with Crippen LogP contribution < -0.4 is 5.32 Å². The van der Waals surface area contributed by atoms with Gasteiger partial charge in [0.25, 0.3) is 0 Å². The second kappa shape index (κ2) is 6.41. The molecule has 0 unspecified atom stereocenters. The van der Waals surface area contributed by atoms with Crippen molar-refractivity contribution in [2.24, 2.45) is 0 Å². The van der Waals surface area contributed by atoms with Crippen LogP contribution in [-0.2, 0) is 4.74 Å². The summed E-state index contributed by atoms with van der Waals surface area (Å²) in [5.41, 5.74) is 2.95. The predicted molar refractivity (Wildman–Crippen MR) is 83.3 cm³/mol. The molecule has 4 heteroatoms.